The SMILES string of the molecule is Cl.Cl.c1cc2c3c(c1)CN([C@H]1CN4CCC1CC4)C[C@H]3CCC2. The summed E-state index contributed by atoms with van der Waals surface area (Å²) < 4.78 is 0. The predicted molar refractivity (Wildman–Crippen MR) is 100.0 cm³/mol. The number of nitrogens with zero attached hydrogens (tertiary/aromatic N) is 2. The zero-order chi connectivity index (χ0) is 13.8. The maximum atomic E-state index is 2.86. The van der Waals surface area contributed by atoms with Crippen LogP contribution < -0.4 is 0 Å². The van der Waals surface area contributed by atoms with Crippen LogP contribution in [0.5, 0.6) is 0 Å². The van der Waals surface area contributed by atoms with Gasteiger partial charge in [-0.05, 0) is 73.7 Å². The van der Waals surface area contributed by atoms with Gasteiger partial charge >= 0.3 is 0 Å². The van der Waals surface area contributed by atoms with Crippen LogP contribution in [-0.4, -0.2) is 42.0 Å². The number of hydrogen-bond donors (Lipinski definition) is 0. The topological polar surface area (TPSA) is 6.48 Å². The number of hydrogen-bond acceptors (Lipinski definition) is 2. The van der Waals surface area contributed by atoms with Gasteiger partial charge in [-0.3, -0.25) is 4.90 Å². The molecule has 0 aromatic heterocycles. The Kier molecular flexibility index (Phi) is 5.27. The molecule has 4 heteroatoms. The molecule has 128 valence electrons. The van der Waals surface area contributed by atoms with Crippen LogP contribution in [-0.2, 0) is 13.0 Å². The average Bonchev–Trinajstić information content (AvgIpc) is 2.56. The summed E-state index contributed by atoms with van der Waals surface area (Å²) in [6.07, 6.45) is 7.02. The summed E-state index contributed by atoms with van der Waals surface area (Å²) >= 11 is 0. The first-order valence-corrected chi connectivity index (χ1v) is 8.95. The minimum atomic E-state index is 0. The number of benzene rings is 1. The van der Waals surface area contributed by atoms with Gasteiger partial charge < -0.3 is 4.90 Å². The molecule has 0 spiro atoms. The highest BCUT2D eigenvalue weighted by molar-refractivity contribution is 5.85. The molecule has 5 aliphatic rings. The summed E-state index contributed by atoms with van der Waals surface area (Å²) in [5, 5.41) is 0. The molecule has 1 aliphatic carbocycles. The van der Waals surface area contributed by atoms with E-state index < -0.39 is 0 Å². The van der Waals surface area contributed by atoms with E-state index in [0.29, 0.717) is 0 Å². The Bertz CT molecular complexity index is 554. The Balaban J connectivity index is 0.000000781. The van der Waals surface area contributed by atoms with Gasteiger partial charge in [0.05, 0.1) is 0 Å². The summed E-state index contributed by atoms with van der Waals surface area (Å²) in [5.41, 5.74) is 5.07. The second-order valence-electron chi connectivity index (χ2n) is 7.71. The van der Waals surface area contributed by atoms with E-state index in [1.165, 1.54) is 64.8 Å². The van der Waals surface area contributed by atoms with E-state index in [1.54, 1.807) is 16.7 Å². The first kappa shape index (κ1) is 17.5. The highest BCUT2D eigenvalue weighted by Crippen LogP contribution is 2.41. The van der Waals surface area contributed by atoms with Crippen LogP contribution in [0.1, 0.15) is 48.3 Å². The van der Waals surface area contributed by atoms with Crippen molar-refractivity contribution in [3.63, 3.8) is 0 Å². The molecule has 2 atom stereocenters. The average molecular weight is 355 g/mol. The zero-order valence-corrected chi connectivity index (χ0v) is 15.4. The molecule has 2 nitrogen and oxygen atoms in total. The third kappa shape index (κ3) is 2.93. The number of rotatable bonds is 1. The summed E-state index contributed by atoms with van der Waals surface area (Å²) in [6, 6.07) is 7.93. The summed E-state index contributed by atoms with van der Waals surface area (Å²) in [5.74, 6) is 1.80. The molecule has 6 rings (SSSR count). The summed E-state index contributed by atoms with van der Waals surface area (Å²) in [7, 11) is 0. The third-order valence-electron chi connectivity index (χ3n) is 6.61. The lowest BCUT2D eigenvalue weighted by atomic mass is 9.75. The molecule has 2 bridgehead atoms. The third-order valence-corrected chi connectivity index (χ3v) is 6.61. The van der Waals surface area contributed by atoms with E-state index in [1.807, 2.05) is 0 Å². The van der Waals surface area contributed by atoms with E-state index in [0.717, 1.165) is 17.9 Å². The fraction of sp³-hybridized carbons (Fsp3) is 0.684. The van der Waals surface area contributed by atoms with Crippen LogP contribution in [0, 0.1) is 5.92 Å². The minimum absolute atomic E-state index is 0. The smallest absolute Gasteiger partial charge is 0.0256 e. The maximum Gasteiger partial charge on any atom is 0.0256 e. The number of piperidine rings is 3. The Morgan fingerprint density at radius 1 is 0.913 bits per heavy atom. The van der Waals surface area contributed by atoms with Crippen LogP contribution in [0.15, 0.2) is 18.2 Å². The molecular formula is C19H28Cl2N2. The van der Waals surface area contributed by atoms with Gasteiger partial charge in [-0.2, -0.15) is 0 Å². The van der Waals surface area contributed by atoms with Crippen LogP contribution >= 0.6 is 24.8 Å². The van der Waals surface area contributed by atoms with Crippen molar-refractivity contribution in [3.05, 3.63) is 34.9 Å². The highest BCUT2D eigenvalue weighted by Gasteiger charge is 2.40. The molecule has 4 heterocycles. The predicted octanol–water partition coefficient (Wildman–Crippen LogP) is 3.86. The quantitative estimate of drug-likeness (QED) is 0.755. The van der Waals surface area contributed by atoms with Crippen molar-refractivity contribution in [3.8, 4) is 0 Å². The van der Waals surface area contributed by atoms with E-state index in [9.17, 15) is 0 Å². The van der Waals surface area contributed by atoms with Gasteiger partial charge in [0.25, 0.3) is 0 Å². The fourth-order valence-electron chi connectivity index (χ4n) is 5.58. The molecule has 1 aromatic rings. The van der Waals surface area contributed by atoms with E-state index in [4.69, 9.17) is 0 Å². The molecular weight excluding hydrogens is 327 g/mol. The van der Waals surface area contributed by atoms with E-state index in [-0.39, 0.29) is 24.8 Å². The van der Waals surface area contributed by atoms with Crippen molar-refractivity contribution < 1.29 is 0 Å². The van der Waals surface area contributed by atoms with E-state index >= 15 is 0 Å². The van der Waals surface area contributed by atoms with E-state index in [2.05, 4.69) is 28.0 Å². The Hall–Kier alpha value is -0.280. The molecule has 0 N–H and O–H groups in total. The lowest BCUT2D eigenvalue weighted by molar-refractivity contribution is -0.00571. The number of aryl methyl sites for hydroxylation is 1. The molecule has 3 fully saturated rings. The largest absolute Gasteiger partial charge is 0.302 e. The van der Waals surface area contributed by atoms with Gasteiger partial charge in [0.2, 0.25) is 0 Å². The Labute approximate surface area is 152 Å². The first-order valence-electron chi connectivity index (χ1n) is 8.95. The number of halogens is 2. The molecule has 0 radical (unpaired) electrons. The number of fused-ring (bicyclic) bond motifs is 3. The molecule has 3 saturated heterocycles. The van der Waals surface area contributed by atoms with Gasteiger partial charge in [-0.15, -0.1) is 24.8 Å². The Morgan fingerprint density at radius 3 is 2.43 bits per heavy atom. The van der Waals surface area contributed by atoms with Gasteiger partial charge in [0.1, 0.15) is 0 Å². The molecule has 1 aromatic carbocycles. The van der Waals surface area contributed by atoms with Gasteiger partial charge in [-0.1, -0.05) is 18.2 Å². The van der Waals surface area contributed by atoms with Crippen molar-refractivity contribution in [2.24, 2.45) is 5.92 Å². The van der Waals surface area contributed by atoms with Crippen LogP contribution in [0.2, 0.25) is 0 Å². The normalized spacial score (nSPS) is 35.0. The monoisotopic (exact) mass is 354 g/mol. The van der Waals surface area contributed by atoms with Crippen molar-refractivity contribution >= 4 is 24.8 Å². The second-order valence-corrected chi connectivity index (χ2v) is 7.71. The molecule has 0 saturated carbocycles. The summed E-state index contributed by atoms with van der Waals surface area (Å²) in [6.45, 7) is 6.61. The second kappa shape index (κ2) is 6.92. The van der Waals surface area contributed by atoms with Crippen molar-refractivity contribution in [1.82, 2.24) is 9.80 Å². The molecule has 0 amide bonds. The van der Waals surface area contributed by atoms with Crippen LogP contribution in [0.3, 0.4) is 0 Å². The highest BCUT2D eigenvalue weighted by atomic mass is 35.5. The maximum absolute atomic E-state index is 2.86. The van der Waals surface area contributed by atoms with Crippen molar-refractivity contribution in [2.75, 3.05) is 26.2 Å². The Morgan fingerprint density at radius 2 is 1.70 bits per heavy atom. The zero-order valence-electron chi connectivity index (χ0n) is 13.7. The van der Waals surface area contributed by atoms with Gasteiger partial charge in [-0.25, -0.2) is 0 Å². The molecule has 23 heavy (non-hydrogen) atoms. The lowest BCUT2D eigenvalue weighted by Crippen LogP contribution is -2.58. The fourth-order valence-corrected chi connectivity index (χ4v) is 5.58. The summed E-state index contributed by atoms with van der Waals surface area (Å²) in [4.78, 5) is 5.57. The first-order chi connectivity index (χ1) is 10.4. The van der Waals surface area contributed by atoms with Gasteiger partial charge in [0, 0.05) is 25.7 Å². The minimum Gasteiger partial charge on any atom is -0.302 e. The van der Waals surface area contributed by atoms with Crippen molar-refractivity contribution in [1.29, 1.82) is 0 Å². The van der Waals surface area contributed by atoms with Crippen LogP contribution in [0.25, 0.3) is 0 Å². The van der Waals surface area contributed by atoms with Crippen molar-refractivity contribution in [2.45, 2.75) is 50.6 Å². The van der Waals surface area contributed by atoms with Gasteiger partial charge in [0.15, 0.2) is 0 Å². The standard InChI is InChI=1S/C19H26N2.2ClH/c1-3-15-4-2-6-17-12-21(11-16(5-1)19(15)17)18-13-20-9-7-14(18)8-10-20;;/h1,3,5,14,17-18H,2,4,6-13H2;2*1H/t17-,18+;;/m1../s1. The molecule has 0 unspecified atom stereocenters. The lowest BCUT2D eigenvalue weighted by Gasteiger charge is -2.51. The van der Waals surface area contributed by atoms with Crippen LogP contribution in [0.4, 0.5) is 0 Å². The molecule has 4 aliphatic heterocycles.